The van der Waals surface area contributed by atoms with Crippen molar-refractivity contribution in [3.05, 3.63) is 39.9 Å². The zero-order valence-electron chi connectivity index (χ0n) is 12.6. The molecule has 1 aromatic carbocycles. The topological polar surface area (TPSA) is 89.5 Å². The highest BCUT2D eigenvalue weighted by Crippen LogP contribution is 2.39. The molecule has 0 heterocycles. The van der Waals surface area contributed by atoms with Crippen LogP contribution in [0.2, 0.25) is 0 Å². The molecule has 1 aliphatic carbocycles. The minimum Gasteiger partial charge on any atom is -0.337 e. The van der Waals surface area contributed by atoms with Gasteiger partial charge in [0.05, 0.1) is 16.5 Å². The molecule has 0 radical (unpaired) electrons. The van der Waals surface area contributed by atoms with E-state index in [1.165, 1.54) is 12.1 Å². The molecule has 1 saturated carbocycles. The van der Waals surface area contributed by atoms with Crippen LogP contribution in [0.15, 0.2) is 24.3 Å². The van der Waals surface area contributed by atoms with Crippen LogP contribution in [0.4, 0.5) is 5.69 Å². The van der Waals surface area contributed by atoms with Crippen molar-refractivity contribution in [3.8, 4) is 0 Å². The molecule has 2 rings (SSSR count). The van der Waals surface area contributed by atoms with E-state index in [0.717, 1.165) is 18.4 Å². The van der Waals surface area contributed by atoms with Crippen molar-refractivity contribution in [2.24, 2.45) is 11.7 Å². The number of non-ortho nitro benzene ring substituents is 1. The van der Waals surface area contributed by atoms with Gasteiger partial charge in [-0.05, 0) is 38.2 Å². The number of nitrogens with two attached hydrogens (primary N) is 1. The lowest BCUT2D eigenvalue weighted by atomic mass is 9.94. The molecule has 0 aliphatic heterocycles. The highest BCUT2D eigenvalue weighted by molar-refractivity contribution is 5.86. The standard InChI is InChI=1S/C15H21N3O3/c1-10(11-5-4-6-13(9-11)18(20)21)17(3)14(19)15(2,16)12-7-8-12/h4-6,9-10,12H,7-8,16H2,1-3H3. The summed E-state index contributed by atoms with van der Waals surface area (Å²) in [6.07, 6.45) is 1.97. The second-order valence-corrected chi connectivity index (χ2v) is 6.00. The molecule has 6 nitrogen and oxygen atoms in total. The van der Waals surface area contributed by atoms with E-state index in [1.54, 1.807) is 31.0 Å². The molecule has 1 aliphatic rings. The second kappa shape index (κ2) is 5.44. The minimum atomic E-state index is -0.857. The number of rotatable bonds is 5. The zero-order chi connectivity index (χ0) is 15.8. The molecule has 1 aromatic rings. The average molecular weight is 291 g/mol. The van der Waals surface area contributed by atoms with Crippen LogP contribution in [0, 0.1) is 16.0 Å². The predicted molar refractivity (Wildman–Crippen MR) is 79.6 cm³/mol. The number of carbonyl (C=O) groups is 1. The van der Waals surface area contributed by atoms with Crippen molar-refractivity contribution in [1.29, 1.82) is 0 Å². The highest BCUT2D eigenvalue weighted by atomic mass is 16.6. The third-order valence-corrected chi connectivity index (χ3v) is 4.35. The lowest BCUT2D eigenvalue weighted by molar-refractivity contribution is -0.384. The van der Waals surface area contributed by atoms with Crippen molar-refractivity contribution < 1.29 is 9.72 Å². The first-order valence-electron chi connectivity index (χ1n) is 7.05. The van der Waals surface area contributed by atoms with Gasteiger partial charge in [-0.3, -0.25) is 14.9 Å². The number of likely N-dealkylation sites (N-methyl/N-ethyl adjacent to an activating group) is 1. The van der Waals surface area contributed by atoms with Crippen LogP contribution in [0.1, 0.15) is 38.3 Å². The van der Waals surface area contributed by atoms with Crippen molar-refractivity contribution in [3.63, 3.8) is 0 Å². The van der Waals surface area contributed by atoms with Gasteiger partial charge in [-0.2, -0.15) is 0 Å². The first kappa shape index (κ1) is 15.4. The fourth-order valence-electron chi connectivity index (χ4n) is 2.54. The zero-order valence-corrected chi connectivity index (χ0v) is 12.6. The van der Waals surface area contributed by atoms with E-state index in [0.29, 0.717) is 0 Å². The summed E-state index contributed by atoms with van der Waals surface area (Å²) < 4.78 is 0. The fourth-order valence-corrected chi connectivity index (χ4v) is 2.54. The fraction of sp³-hybridized carbons (Fsp3) is 0.533. The smallest absolute Gasteiger partial charge is 0.269 e. The Morgan fingerprint density at radius 1 is 1.52 bits per heavy atom. The van der Waals surface area contributed by atoms with Crippen LogP contribution in [0.25, 0.3) is 0 Å². The second-order valence-electron chi connectivity index (χ2n) is 6.00. The molecule has 2 atom stereocenters. The number of nitro groups is 1. The Morgan fingerprint density at radius 2 is 2.14 bits per heavy atom. The largest absolute Gasteiger partial charge is 0.337 e. The lowest BCUT2D eigenvalue weighted by Crippen LogP contribution is -2.54. The molecule has 0 bridgehead atoms. The maximum absolute atomic E-state index is 12.5. The van der Waals surface area contributed by atoms with Gasteiger partial charge in [0, 0.05) is 19.2 Å². The summed E-state index contributed by atoms with van der Waals surface area (Å²) in [5.74, 6) is 0.119. The molecule has 6 heteroatoms. The molecule has 114 valence electrons. The number of carbonyl (C=O) groups excluding carboxylic acids is 1. The number of benzene rings is 1. The van der Waals surface area contributed by atoms with Crippen LogP contribution >= 0.6 is 0 Å². The third kappa shape index (κ3) is 3.05. The average Bonchev–Trinajstić information content (AvgIpc) is 3.30. The van der Waals surface area contributed by atoms with Gasteiger partial charge in [0.1, 0.15) is 0 Å². The molecule has 1 fully saturated rings. The monoisotopic (exact) mass is 291 g/mol. The van der Waals surface area contributed by atoms with Crippen molar-refractivity contribution in [1.82, 2.24) is 4.90 Å². The molecule has 0 saturated heterocycles. The summed E-state index contributed by atoms with van der Waals surface area (Å²) in [6, 6.07) is 6.09. The Bertz CT molecular complexity index is 567. The van der Waals surface area contributed by atoms with Gasteiger partial charge < -0.3 is 10.6 Å². The van der Waals surface area contributed by atoms with Gasteiger partial charge in [-0.15, -0.1) is 0 Å². The molecular weight excluding hydrogens is 270 g/mol. The Kier molecular flexibility index (Phi) is 4.00. The van der Waals surface area contributed by atoms with Crippen LogP contribution in [-0.4, -0.2) is 28.3 Å². The third-order valence-electron chi connectivity index (χ3n) is 4.35. The van der Waals surface area contributed by atoms with Crippen molar-refractivity contribution >= 4 is 11.6 Å². The quantitative estimate of drug-likeness (QED) is 0.665. The number of hydrogen-bond donors (Lipinski definition) is 1. The van der Waals surface area contributed by atoms with Gasteiger partial charge in [-0.1, -0.05) is 12.1 Å². The van der Waals surface area contributed by atoms with E-state index < -0.39 is 10.5 Å². The Hall–Kier alpha value is -1.95. The molecule has 0 spiro atoms. The van der Waals surface area contributed by atoms with E-state index in [-0.39, 0.29) is 23.6 Å². The van der Waals surface area contributed by atoms with Gasteiger partial charge in [0.15, 0.2) is 0 Å². The summed E-state index contributed by atoms with van der Waals surface area (Å²) in [5.41, 5.74) is 6.06. The molecule has 1 amide bonds. The summed E-state index contributed by atoms with van der Waals surface area (Å²) in [6.45, 7) is 3.61. The first-order chi connectivity index (χ1) is 9.75. The summed E-state index contributed by atoms with van der Waals surface area (Å²) >= 11 is 0. The highest BCUT2D eigenvalue weighted by Gasteiger charge is 2.46. The molecule has 21 heavy (non-hydrogen) atoms. The SMILES string of the molecule is CC(c1cccc([N+](=O)[O-])c1)N(C)C(=O)C(C)(N)C1CC1. The summed E-state index contributed by atoms with van der Waals surface area (Å²) in [4.78, 5) is 24.5. The van der Waals surface area contributed by atoms with Crippen molar-refractivity contribution in [2.75, 3.05) is 7.05 Å². The Labute approximate surface area is 124 Å². The Balaban J connectivity index is 2.18. The minimum absolute atomic E-state index is 0.0258. The van der Waals surface area contributed by atoms with Gasteiger partial charge in [0.2, 0.25) is 5.91 Å². The maximum Gasteiger partial charge on any atom is 0.269 e. The van der Waals surface area contributed by atoms with Crippen molar-refractivity contribution in [2.45, 2.75) is 38.3 Å². The molecular formula is C15H21N3O3. The van der Waals surface area contributed by atoms with Crippen LogP contribution < -0.4 is 5.73 Å². The van der Waals surface area contributed by atoms with Crippen LogP contribution in [0.3, 0.4) is 0 Å². The number of amides is 1. The molecule has 2 unspecified atom stereocenters. The number of hydrogen-bond acceptors (Lipinski definition) is 4. The Morgan fingerprint density at radius 3 is 2.67 bits per heavy atom. The van der Waals surface area contributed by atoms with Gasteiger partial charge in [-0.25, -0.2) is 0 Å². The van der Waals surface area contributed by atoms with Crippen LogP contribution in [-0.2, 0) is 4.79 Å². The summed E-state index contributed by atoms with van der Waals surface area (Å²) in [5, 5.41) is 10.8. The van der Waals surface area contributed by atoms with E-state index >= 15 is 0 Å². The van der Waals surface area contributed by atoms with Gasteiger partial charge >= 0.3 is 0 Å². The maximum atomic E-state index is 12.5. The normalized spacial score (nSPS) is 18.7. The van der Waals surface area contributed by atoms with E-state index in [2.05, 4.69) is 0 Å². The summed E-state index contributed by atoms with van der Waals surface area (Å²) in [7, 11) is 1.69. The molecule has 0 aromatic heterocycles. The number of nitro benzene ring substituents is 1. The van der Waals surface area contributed by atoms with Crippen LogP contribution in [0.5, 0.6) is 0 Å². The van der Waals surface area contributed by atoms with Gasteiger partial charge in [0.25, 0.3) is 5.69 Å². The first-order valence-corrected chi connectivity index (χ1v) is 7.05. The predicted octanol–water partition coefficient (Wildman–Crippen LogP) is 2.24. The molecule has 2 N–H and O–H groups in total. The lowest BCUT2D eigenvalue weighted by Gasteiger charge is -2.33. The van der Waals surface area contributed by atoms with E-state index in [9.17, 15) is 14.9 Å². The van der Waals surface area contributed by atoms with E-state index in [4.69, 9.17) is 5.73 Å². The number of nitrogens with zero attached hydrogens (tertiary/aromatic N) is 2. The van der Waals surface area contributed by atoms with E-state index in [1.807, 2.05) is 6.92 Å².